The van der Waals surface area contributed by atoms with E-state index in [-0.39, 0.29) is 0 Å². The first-order valence-corrected chi connectivity index (χ1v) is 15.6. The summed E-state index contributed by atoms with van der Waals surface area (Å²) in [6.45, 7) is 0. The molecule has 46 heavy (non-hydrogen) atoms. The van der Waals surface area contributed by atoms with Crippen LogP contribution in [0.25, 0.3) is 98.4 Å². The Labute approximate surface area is 264 Å². The van der Waals surface area contributed by atoms with E-state index in [1.54, 1.807) is 12.4 Å². The zero-order valence-electron chi connectivity index (χ0n) is 24.8. The van der Waals surface area contributed by atoms with Gasteiger partial charge >= 0.3 is 0 Å². The van der Waals surface area contributed by atoms with Crippen LogP contribution in [0.3, 0.4) is 0 Å². The summed E-state index contributed by atoms with van der Waals surface area (Å²) in [5.74, 6) is 0. The minimum absolute atomic E-state index is 0.756. The van der Waals surface area contributed by atoms with Gasteiger partial charge in [-0.2, -0.15) is 0 Å². The van der Waals surface area contributed by atoms with Gasteiger partial charge in [-0.25, -0.2) is 4.98 Å². The van der Waals surface area contributed by atoms with Crippen molar-refractivity contribution in [2.45, 2.75) is 0 Å². The lowest BCUT2D eigenvalue weighted by Crippen LogP contribution is -1.93. The summed E-state index contributed by atoms with van der Waals surface area (Å²) in [6.07, 6.45) is 5.54. The summed E-state index contributed by atoms with van der Waals surface area (Å²) in [5.41, 5.74) is 5.63. The molecule has 0 aliphatic rings. The molecule has 0 aliphatic carbocycles. The number of aromatic nitrogens is 3. The molecule has 0 unspecified atom stereocenters. The topological polar surface area (TPSA) is 38.7 Å². The van der Waals surface area contributed by atoms with Crippen molar-refractivity contribution in [2.75, 3.05) is 0 Å². The predicted octanol–water partition coefficient (Wildman–Crippen LogP) is 11.2. The predicted molar refractivity (Wildman–Crippen MR) is 192 cm³/mol. The lowest BCUT2D eigenvalue weighted by Gasteiger charge is -2.17. The highest BCUT2D eigenvalue weighted by Gasteiger charge is 2.16. The summed E-state index contributed by atoms with van der Waals surface area (Å²) >= 11 is 0. The summed E-state index contributed by atoms with van der Waals surface area (Å²) in [4.78, 5) is 14.2. The Kier molecular flexibility index (Phi) is 5.28. The van der Waals surface area contributed by atoms with Crippen LogP contribution >= 0.6 is 0 Å². The lowest BCUT2D eigenvalue weighted by molar-refractivity contribution is 1.18. The van der Waals surface area contributed by atoms with Crippen LogP contribution in [0.5, 0.6) is 0 Å². The highest BCUT2D eigenvalue weighted by Crippen LogP contribution is 2.44. The first-order chi connectivity index (χ1) is 22.8. The van der Waals surface area contributed by atoms with Crippen LogP contribution in [0.1, 0.15) is 0 Å². The van der Waals surface area contributed by atoms with Crippen molar-refractivity contribution in [3.8, 4) is 33.8 Å². The Balaban J connectivity index is 1.24. The van der Waals surface area contributed by atoms with Gasteiger partial charge in [0, 0.05) is 17.3 Å². The minimum Gasteiger partial charge on any atom is -0.260 e. The second-order valence-corrected chi connectivity index (χ2v) is 12.1. The number of hydrogen-bond acceptors (Lipinski definition) is 3. The van der Waals surface area contributed by atoms with Gasteiger partial charge in [-0.1, -0.05) is 115 Å². The molecule has 0 bridgehead atoms. The highest BCUT2D eigenvalue weighted by atomic mass is 14.8. The van der Waals surface area contributed by atoms with Gasteiger partial charge in [0.2, 0.25) is 0 Å². The Morgan fingerprint density at radius 2 is 0.913 bits per heavy atom. The minimum atomic E-state index is 0.756. The van der Waals surface area contributed by atoms with Gasteiger partial charge < -0.3 is 0 Å². The Morgan fingerprint density at radius 1 is 0.326 bits per heavy atom. The van der Waals surface area contributed by atoms with Crippen LogP contribution in [0.15, 0.2) is 152 Å². The summed E-state index contributed by atoms with van der Waals surface area (Å²) < 4.78 is 0. The number of pyridine rings is 1. The third kappa shape index (κ3) is 3.69. The Bertz CT molecular complexity index is 2780. The van der Waals surface area contributed by atoms with E-state index in [0.29, 0.717) is 0 Å². The normalized spacial score (nSPS) is 11.9. The van der Waals surface area contributed by atoms with E-state index in [1.807, 2.05) is 36.5 Å². The maximum absolute atomic E-state index is 4.89. The number of hydrogen-bond donors (Lipinski definition) is 0. The molecule has 0 N–H and O–H groups in total. The molecule has 0 atom stereocenters. The van der Waals surface area contributed by atoms with Gasteiger partial charge in [0.05, 0.1) is 23.8 Å². The van der Waals surface area contributed by atoms with Gasteiger partial charge in [-0.3, -0.25) is 9.97 Å². The number of benzene rings is 7. The summed E-state index contributed by atoms with van der Waals surface area (Å²) in [6, 6.07) is 48.3. The second kappa shape index (κ2) is 9.65. The average molecular weight is 584 g/mol. The van der Waals surface area contributed by atoms with Crippen molar-refractivity contribution in [1.82, 2.24) is 15.0 Å². The van der Waals surface area contributed by atoms with E-state index in [4.69, 9.17) is 9.97 Å². The molecule has 0 fully saturated rings. The zero-order chi connectivity index (χ0) is 30.2. The molecule has 3 nitrogen and oxygen atoms in total. The first-order valence-electron chi connectivity index (χ1n) is 15.6. The Morgan fingerprint density at radius 3 is 1.54 bits per heavy atom. The third-order valence-electron chi connectivity index (χ3n) is 9.49. The third-order valence-corrected chi connectivity index (χ3v) is 9.49. The quantitative estimate of drug-likeness (QED) is 0.194. The van der Waals surface area contributed by atoms with Gasteiger partial charge in [-0.15, -0.1) is 0 Å². The molecule has 0 saturated heterocycles. The number of fused-ring (bicyclic) bond motifs is 2. The molecule has 0 radical (unpaired) electrons. The van der Waals surface area contributed by atoms with Crippen LogP contribution in [0.4, 0.5) is 0 Å². The van der Waals surface area contributed by atoms with E-state index >= 15 is 0 Å². The fourth-order valence-corrected chi connectivity index (χ4v) is 7.40. The van der Waals surface area contributed by atoms with Crippen LogP contribution in [0.2, 0.25) is 0 Å². The fourth-order valence-electron chi connectivity index (χ4n) is 7.40. The summed E-state index contributed by atoms with van der Waals surface area (Å²) in [5, 5.41) is 15.3. The van der Waals surface area contributed by atoms with Crippen LogP contribution < -0.4 is 0 Å². The van der Waals surface area contributed by atoms with Crippen molar-refractivity contribution < 1.29 is 0 Å². The fraction of sp³-hybridized carbons (Fsp3) is 0. The lowest BCUT2D eigenvalue weighted by atomic mass is 9.86. The van der Waals surface area contributed by atoms with E-state index in [0.717, 1.165) is 33.8 Å². The second-order valence-electron chi connectivity index (χ2n) is 12.1. The smallest absolute Gasteiger partial charge is 0.108 e. The molecule has 0 saturated carbocycles. The van der Waals surface area contributed by atoms with Crippen molar-refractivity contribution in [2.24, 2.45) is 0 Å². The molecule has 10 aromatic rings. The van der Waals surface area contributed by atoms with Crippen molar-refractivity contribution >= 4 is 64.6 Å². The molecule has 2 aromatic heterocycles. The average Bonchev–Trinajstić information content (AvgIpc) is 3.13. The number of nitrogens with zero attached hydrogens (tertiary/aromatic N) is 3. The monoisotopic (exact) mass is 583 g/mol. The number of rotatable bonds is 3. The zero-order valence-corrected chi connectivity index (χ0v) is 24.8. The maximum atomic E-state index is 4.89. The van der Waals surface area contributed by atoms with Crippen LogP contribution in [-0.2, 0) is 0 Å². The molecule has 0 aliphatic heterocycles. The molecular weight excluding hydrogens is 558 g/mol. The molecule has 10 rings (SSSR count). The van der Waals surface area contributed by atoms with Crippen LogP contribution in [0, 0.1) is 0 Å². The molecule has 8 aromatic carbocycles. The molecule has 0 amide bonds. The van der Waals surface area contributed by atoms with Gasteiger partial charge in [0.1, 0.15) is 5.69 Å². The van der Waals surface area contributed by atoms with Crippen LogP contribution in [-0.4, -0.2) is 15.0 Å². The van der Waals surface area contributed by atoms with Gasteiger partial charge in [0.15, 0.2) is 0 Å². The first kappa shape index (κ1) is 25.2. The van der Waals surface area contributed by atoms with E-state index in [2.05, 4.69) is 108 Å². The SMILES string of the molecule is c1ccc(-c2cncc(-c3ccc(-c4cc5ccc6cccc7c8cccc9ccc%10cccc(c(c4)c5c67)c%10c98)cn3)n2)cc1. The highest BCUT2D eigenvalue weighted by molar-refractivity contribution is 6.37. The van der Waals surface area contributed by atoms with E-state index < -0.39 is 0 Å². The van der Waals surface area contributed by atoms with Crippen molar-refractivity contribution in [3.05, 3.63) is 152 Å². The maximum Gasteiger partial charge on any atom is 0.108 e. The Hall–Kier alpha value is -6.19. The largest absolute Gasteiger partial charge is 0.260 e. The molecule has 212 valence electrons. The summed E-state index contributed by atoms with van der Waals surface area (Å²) in [7, 11) is 0. The standard InChI is InChI=1S/C43H25N3/c1-2-7-26(8-3-1)38-24-44-25-39(46-38)37-20-19-31(23-45-37)32-21-30-18-17-29-10-5-13-34-33-12-4-9-27-15-16-28-11-6-14-35(42(28)40(27)33)36(22-32)43(30)41(29)34/h1-25H. The van der Waals surface area contributed by atoms with Crippen molar-refractivity contribution in [1.29, 1.82) is 0 Å². The van der Waals surface area contributed by atoms with E-state index in [1.165, 1.54) is 64.6 Å². The molecular formula is C43H25N3. The van der Waals surface area contributed by atoms with Gasteiger partial charge in [-0.05, 0) is 88.4 Å². The van der Waals surface area contributed by atoms with Gasteiger partial charge in [0.25, 0.3) is 0 Å². The van der Waals surface area contributed by atoms with E-state index in [9.17, 15) is 0 Å². The molecule has 2 heterocycles. The van der Waals surface area contributed by atoms with Crippen molar-refractivity contribution in [3.63, 3.8) is 0 Å². The molecule has 0 spiro atoms. The molecule has 3 heteroatoms.